The highest BCUT2D eigenvalue weighted by molar-refractivity contribution is 7.07. The van der Waals surface area contributed by atoms with Gasteiger partial charge < -0.3 is 0 Å². The summed E-state index contributed by atoms with van der Waals surface area (Å²) in [6, 6.07) is 0. The molecule has 0 radical (unpaired) electrons. The maximum atomic E-state index is 4.12. The van der Waals surface area contributed by atoms with E-state index in [1.165, 1.54) is 6.33 Å². The number of hydrogen-bond donors (Lipinski definition) is 0. The molecule has 0 saturated heterocycles. The minimum atomic E-state index is 0.940. The van der Waals surface area contributed by atoms with Crippen molar-refractivity contribution in [2.45, 2.75) is 0 Å². The molecule has 0 N–H and O–H groups in total. The Kier molecular flexibility index (Phi) is 1.61. The molecule has 0 atom stereocenters. The molecule has 0 unspecified atom stereocenters. The lowest BCUT2D eigenvalue weighted by molar-refractivity contribution is 1.16. The molecule has 0 spiro atoms. The predicted molar refractivity (Wildman–Crippen MR) is 43.1 cm³/mol. The fourth-order valence-corrected chi connectivity index (χ4v) is 1.35. The molecule has 0 aliphatic heterocycles. The Morgan fingerprint density at radius 1 is 1.18 bits per heavy atom. The zero-order valence-corrected chi connectivity index (χ0v) is 6.45. The topological polar surface area (TPSA) is 38.7 Å². The highest BCUT2D eigenvalue weighted by Crippen LogP contribution is 2.15. The number of nitrogens with zero attached hydrogens (tertiary/aromatic N) is 3. The number of thiazole rings is 1. The van der Waals surface area contributed by atoms with Crippen molar-refractivity contribution in [2.75, 3.05) is 0 Å². The zero-order chi connectivity index (χ0) is 7.52. The van der Waals surface area contributed by atoms with E-state index in [0.717, 1.165) is 11.3 Å². The van der Waals surface area contributed by atoms with Crippen LogP contribution in [0.25, 0.3) is 11.3 Å². The molecule has 0 aliphatic carbocycles. The van der Waals surface area contributed by atoms with Crippen LogP contribution < -0.4 is 0 Å². The number of aromatic nitrogens is 3. The van der Waals surface area contributed by atoms with E-state index in [-0.39, 0.29) is 0 Å². The first-order valence-corrected chi connectivity index (χ1v) is 4.04. The van der Waals surface area contributed by atoms with Crippen molar-refractivity contribution in [3.05, 3.63) is 29.6 Å². The molecule has 3 nitrogen and oxygen atoms in total. The summed E-state index contributed by atoms with van der Waals surface area (Å²) in [5.74, 6) is 0. The molecule has 11 heavy (non-hydrogen) atoms. The first-order valence-electron chi connectivity index (χ1n) is 3.10. The minimum absolute atomic E-state index is 0.940. The fourth-order valence-electron chi connectivity index (χ4n) is 0.786. The molecule has 4 heteroatoms. The molecular formula is C7H5N3S. The smallest absolute Gasteiger partial charge is 0.115 e. The second kappa shape index (κ2) is 2.75. The van der Waals surface area contributed by atoms with Crippen LogP contribution in [0.3, 0.4) is 0 Å². The third kappa shape index (κ3) is 1.25. The van der Waals surface area contributed by atoms with Crippen LogP contribution >= 0.6 is 11.3 Å². The summed E-state index contributed by atoms with van der Waals surface area (Å²) in [6.07, 6.45) is 5.01. The summed E-state index contributed by atoms with van der Waals surface area (Å²) in [7, 11) is 0. The van der Waals surface area contributed by atoms with E-state index in [2.05, 4.69) is 15.0 Å². The third-order valence-corrected chi connectivity index (χ3v) is 1.88. The highest BCUT2D eigenvalue weighted by Gasteiger charge is 1.97. The zero-order valence-electron chi connectivity index (χ0n) is 5.64. The van der Waals surface area contributed by atoms with Crippen LogP contribution in [0.15, 0.2) is 29.6 Å². The average molecular weight is 163 g/mol. The molecule has 0 fully saturated rings. The number of hydrogen-bond acceptors (Lipinski definition) is 4. The van der Waals surface area contributed by atoms with Gasteiger partial charge in [-0.25, -0.2) is 15.0 Å². The van der Waals surface area contributed by atoms with Gasteiger partial charge in [-0.3, -0.25) is 0 Å². The lowest BCUT2D eigenvalue weighted by atomic mass is 10.3. The van der Waals surface area contributed by atoms with E-state index in [1.807, 2.05) is 5.38 Å². The van der Waals surface area contributed by atoms with Crippen LogP contribution in [0.5, 0.6) is 0 Å². The van der Waals surface area contributed by atoms with Gasteiger partial charge in [-0.05, 0) is 0 Å². The van der Waals surface area contributed by atoms with E-state index >= 15 is 0 Å². The van der Waals surface area contributed by atoms with Gasteiger partial charge in [-0.15, -0.1) is 11.3 Å². The second-order valence-electron chi connectivity index (χ2n) is 2.00. The van der Waals surface area contributed by atoms with E-state index in [4.69, 9.17) is 0 Å². The van der Waals surface area contributed by atoms with Crippen molar-refractivity contribution in [3.8, 4) is 11.3 Å². The summed E-state index contributed by atoms with van der Waals surface area (Å²) >= 11 is 1.57. The van der Waals surface area contributed by atoms with Gasteiger partial charge in [-0.2, -0.15) is 0 Å². The summed E-state index contributed by atoms with van der Waals surface area (Å²) in [4.78, 5) is 11.9. The third-order valence-electron chi connectivity index (χ3n) is 1.29. The first kappa shape index (κ1) is 6.42. The van der Waals surface area contributed by atoms with Crippen LogP contribution in [-0.2, 0) is 0 Å². The van der Waals surface area contributed by atoms with Crippen molar-refractivity contribution in [1.29, 1.82) is 0 Å². The van der Waals surface area contributed by atoms with Gasteiger partial charge in [0.2, 0.25) is 0 Å². The lowest BCUT2D eigenvalue weighted by Crippen LogP contribution is -1.80. The highest BCUT2D eigenvalue weighted by atomic mass is 32.1. The molecule has 0 saturated carbocycles. The van der Waals surface area contributed by atoms with Gasteiger partial charge in [0.05, 0.1) is 11.2 Å². The Balaban J connectivity index is 2.46. The summed E-state index contributed by atoms with van der Waals surface area (Å²) in [5, 5.41) is 1.97. The van der Waals surface area contributed by atoms with Crippen molar-refractivity contribution in [3.63, 3.8) is 0 Å². The maximum Gasteiger partial charge on any atom is 0.115 e. The summed E-state index contributed by atoms with van der Waals surface area (Å²) in [6.45, 7) is 0. The van der Waals surface area contributed by atoms with Crippen molar-refractivity contribution >= 4 is 11.3 Å². The van der Waals surface area contributed by atoms with Gasteiger partial charge in [0, 0.05) is 23.3 Å². The van der Waals surface area contributed by atoms with Crippen molar-refractivity contribution in [2.24, 2.45) is 0 Å². The molecule has 0 bridgehead atoms. The average Bonchev–Trinajstić information content (AvgIpc) is 2.58. The monoisotopic (exact) mass is 163 g/mol. The lowest BCUT2D eigenvalue weighted by Gasteiger charge is -1.90. The SMILES string of the molecule is c1ncc(-c2cscn2)cn1. The summed E-state index contributed by atoms with van der Waals surface area (Å²) in [5.41, 5.74) is 3.70. The van der Waals surface area contributed by atoms with Crippen LogP contribution in [0.2, 0.25) is 0 Å². The predicted octanol–water partition coefficient (Wildman–Crippen LogP) is 1.60. The minimum Gasteiger partial charge on any atom is -0.245 e. The van der Waals surface area contributed by atoms with Crippen LogP contribution in [0.4, 0.5) is 0 Å². The van der Waals surface area contributed by atoms with Gasteiger partial charge in [0.15, 0.2) is 0 Å². The van der Waals surface area contributed by atoms with Crippen LogP contribution in [0.1, 0.15) is 0 Å². The fraction of sp³-hybridized carbons (Fsp3) is 0. The van der Waals surface area contributed by atoms with Crippen LogP contribution in [0, 0.1) is 0 Å². The molecule has 54 valence electrons. The second-order valence-corrected chi connectivity index (χ2v) is 2.72. The quantitative estimate of drug-likeness (QED) is 0.641. The normalized spacial score (nSPS) is 9.82. The molecular weight excluding hydrogens is 158 g/mol. The van der Waals surface area contributed by atoms with Gasteiger partial charge in [0.1, 0.15) is 6.33 Å². The van der Waals surface area contributed by atoms with E-state index in [9.17, 15) is 0 Å². The van der Waals surface area contributed by atoms with E-state index in [0.29, 0.717) is 0 Å². The van der Waals surface area contributed by atoms with Gasteiger partial charge >= 0.3 is 0 Å². The molecule has 0 aromatic carbocycles. The van der Waals surface area contributed by atoms with Gasteiger partial charge in [0.25, 0.3) is 0 Å². The molecule has 2 heterocycles. The molecule has 2 aromatic rings. The molecule has 0 aliphatic rings. The molecule has 0 amide bonds. The Hall–Kier alpha value is -1.29. The maximum absolute atomic E-state index is 4.12. The Morgan fingerprint density at radius 2 is 2.00 bits per heavy atom. The molecule has 2 aromatic heterocycles. The summed E-state index contributed by atoms with van der Waals surface area (Å²) < 4.78 is 0. The Morgan fingerprint density at radius 3 is 2.64 bits per heavy atom. The van der Waals surface area contributed by atoms with Crippen molar-refractivity contribution < 1.29 is 0 Å². The van der Waals surface area contributed by atoms with Crippen LogP contribution in [-0.4, -0.2) is 15.0 Å². The number of rotatable bonds is 1. The largest absolute Gasteiger partial charge is 0.245 e. The standard InChI is InChI=1S/C7H5N3S/c1-6(2-9-4-8-1)7-3-11-5-10-7/h1-5H. The van der Waals surface area contributed by atoms with E-state index < -0.39 is 0 Å². The Bertz CT molecular complexity index is 317. The molecule has 2 rings (SSSR count). The van der Waals surface area contributed by atoms with E-state index in [1.54, 1.807) is 29.2 Å². The van der Waals surface area contributed by atoms with Gasteiger partial charge in [-0.1, -0.05) is 0 Å². The van der Waals surface area contributed by atoms with Crippen molar-refractivity contribution in [1.82, 2.24) is 15.0 Å². The Labute approximate surface area is 67.8 Å². The first-order chi connectivity index (χ1) is 5.47.